The number of methoxy groups -OCH3 is 2. The molecule has 0 saturated carbocycles. The Morgan fingerprint density at radius 2 is 1.15 bits per heavy atom. The fourth-order valence-corrected chi connectivity index (χ4v) is 6.17. The van der Waals surface area contributed by atoms with Crippen LogP contribution in [0.5, 0.6) is 12.0 Å². The molecule has 0 atom stereocenters. The maximum atomic E-state index is 12.3. The summed E-state index contributed by atoms with van der Waals surface area (Å²) in [6, 6.07) is 6.60. The van der Waals surface area contributed by atoms with Gasteiger partial charge in [-0.05, 0) is 35.4 Å². The third kappa shape index (κ3) is 11.8. The number of hydrogen-bond donors (Lipinski definition) is 5. The summed E-state index contributed by atoms with van der Waals surface area (Å²) in [4.78, 5) is 24.1. The Morgan fingerprint density at radius 3 is 1.59 bits per heavy atom. The van der Waals surface area contributed by atoms with Gasteiger partial charge in [0.05, 0.1) is 53.1 Å². The highest BCUT2D eigenvalue weighted by atomic mass is 32.2. The summed E-state index contributed by atoms with van der Waals surface area (Å²) < 4.78 is 117. The number of anilines is 6. The molecule has 0 fully saturated rings. The van der Waals surface area contributed by atoms with Gasteiger partial charge in [-0.15, -0.1) is 0 Å². The van der Waals surface area contributed by atoms with Crippen molar-refractivity contribution in [2.75, 3.05) is 73.7 Å². The Kier molecular flexibility index (Phi) is 13.5. The van der Waals surface area contributed by atoms with Crippen molar-refractivity contribution in [2.45, 2.75) is 9.79 Å². The number of aliphatic hydroxyl groups is 2. The van der Waals surface area contributed by atoms with Gasteiger partial charge in [-0.2, -0.15) is 29.9 Å². The minimum Gasteiger partial charge on any atom is -0.748 e. The average molecular weight is 812 g/mol. The Hall–Kier alpha value is -5.35. The lowest BCUT2D eigenvalue weighted by Gasteiger charge is -2.21. The molecule has 54 heavy (non-hydrogen) atoms. The van der Waals surface area contributed by atoms with Crippen LogP contribution in [0.1, 0.15) is 11.1 Å². The van der Waals surface area contributed by atoms with Gasteiger partial charge < -0.3 is 54.2 Å². The van der Waals surface area contributed by atoms with Crippen LogP contribution in [0.25, 0.3) is 12.2 Å². The molecule has 0 spiro atoms. The molecule has 2 aromatic heterocycles. The lowest BCUT2D eigenvalue weighted by Crippen LogP contribution is -2.31. The van der Waals surface area contributed by atoms with E-state index in [2.05, 4.69) is 45.9 Å². The number of ether oxygens (including phenoxy) is 2. The minimum absolute atomic E-state index is 0.00975. The zero-order valence-corrected chi connectivity index (χ0v) is 30.6. The first-order chi connectivity index (χ1) is 25.4. The fraction of sp³-hybridized carbons (Fsp3) is 0.286. The van der Waals surface area contributed by atoms with Crippen LogP contribution in [-0.2, 0) is 30.4 Å². The predicted molar refractivity (Wildman–Crippen MR) is 187 cm³/mol. The smallest absolute Gasteiger partial charge is 0.322 e. The molecular formula is C28H31N10O13S3-3. The molecule has 2 aromatic carbocycles. The number of nitrogens with one attached hydrogen (secondary N) is 3. The van der Waals surface area contributed by atoms with E-state index >= 15 is 0 Å². The van der Waals surface area contributed by atoms with E-state index in [-0.39, 0.29) is 91.2 Å². The van der Waals surface area contributed by atoms with Crippen molar-refractivity contribution in [3.63, 3.8) is 0 Å². The van der Waals surface area contributed by atoms with E-state index in [1.807, 2.05) is 0 Å². The topological polar surface area (TPSA) is 347 Å². The highest BCUT2D eigenvalue weighted by Crippen LogP contribution is 2.28. The number of hydrogen-bond acceptors (Lipinski definition) is 23. The lowest BCUT2D eigenvalue weighted by molar-refractivity contribution is 0.279. The van der Waals surface area contributed by atoms with Crippen LogP contribution in [0.15, 0.2) is 46.2 Å². The van der Waals surface area contributed by atoms with E-state index in [0.717, 1.165) is 24.3 Å². The van der Waals surface area contributed by atoms with Crippen molar-refractivity contribution in [2.24, 2.45) is 0 Å². The molecule has 0 saturated heterocycles. The first-order valence-electron chi connectivity index (χ1n) is 15.1. The average Bonchev–Trinajstić information content (AvgIpc) is 3.09. The zero-order chi connectivity index (χ0) is 39.7. The summed E-state index contributed by atoms with van der Waals surface area (Å²) in [5.74, 6) is -1.34. The molecule has 292 valence electrons. The van der Waals surface area contributed by atoms with Crippen LogP contribution in [0, 0.1) is 0 Å². The van der Waals surface area contributed by atoms with E-state index in [0.29, 0.717) is 0 Å². The normalized spacial score (nSPS) is 12.1. The number of nitrogens with zero attached hydrogens (tertiary/aromatic N) is 7. The molecule has 0 amide bonds. The van der Waals surface area contributed by atoms with E-state index in [4.69, 9.17) is 9.47 Å². The summed E-state index contributed by atoms with van der Waals surface area (Å²) in [5, 5.41) is 26.7. The monoisotopic (exact) mass is 811 g/mol. The third-order valence-electron chi connectivity index (χ3n) is 6.76. The summed E-state index contributed by atoms with van der Waals surface area (Å²) in [6.07, 6.45) is 2.21. The van der Waals surface area contributed by atoms with Crippen LogP contribution < -0.4 is 30.3 Å². The molecule has 0 aliphatic heterocycles. The van der Waals surface area contributed by atoms with E-state index in [1.165, 1.54) is 43.4 Å². The summed E-state index contributed by atoms with van der Waals surface area (Å²) in [7, 11) is -12.4. The first kappa shape index (κ1) is 41.4. The van der Waals surface area contributed by atoms with Gasteiger partial charge in [0.1, 0.15) is 20.2 Å². The van der Waals surface area contributed by atoms with Crippen molar-refractivity contribution in [3.05, 3.63) is 47.5 Å². The SMILES string of the molecule is COc1nc(NCCS(=O)(=O)[O-])nc(Nc2ccc(/C=C/c3ccc(Nc4nc(OC)nc(N(CCO)CCO)n4)cc3S(=O)(=O)[O-])c(S(=O)(=O)[O-])c2)n1. The number of rotatable bonds is 19. The number of aliphatic hydroxyl groups excluding tert-OH is 2. The molecule has 0 unspecified atom stereocenters. The summed E-state index contributed by atoms with van der Waals surface area (Å²) in [5.41, 5.74) is -0.365. The molecule has 2 heterocycles. The number of benzene rings is 2. The second-order valence-corrected chi connectivity index (χ2v) is 14.8. The van der Waals surface area contributed by atoms with Crippen LogP contribution in [0.4, 0.5) is 35.2 Å². The molecule has 5 N–H and O–H groups in total. The summed E-state index contributed by atoms with van der Waals surface area (Å²) >= 11 is 0. The second-order valence-electron chi connectivity index (χ2n) is 10.5. The Morgan fingerprint density at radius 1 is 0.685 bits per heavy atom. The molecule has 0 radical (unpaired) electrons. The predicted octanol–water partition coefficient (Wildman–Crippen LogP) is -0.712. The Balaban J connectivity index is 1.64. The van der Waals surface area contributed by atoms with Gasteiger partial charge in [0.25, 0.3) is 0 Å². The van der Waals surface area contributed by atoms with E-state index in [1.54, 1.807) is 0 Å². The van der Waals surface area contributed by atoms with Gasteiger partial charge in [0.2, 0.25) is 23.8 Å². The maximum absolute atomic E-state index is 12.3. The second kappa shape index (κ2) is 17.6. The van der Waals surface area contributed by atoms with Gasteiger partial charge in [-0.25, -0.2) is 25.3 Å². The molecule has 26 heteroatoms. The molecular weight excluding hydrogens is 781 g/mol. The van der Waals surface area contributed by atoms with Crippen molar-refractivity contribution in [1.82, 2.24) is 29.9 Å². The summed E-state index contributed by atoms with van der Waals surface area (Å²) in [6.45, 7) is -0.829. The highest BCUT2D eigenvalue weighted by molar-refractivity contribution is 7.86. The van der Waals surface area contributed by atoms with Crippen LogP contribution in [-0.4, -0.2) is 132 Å². The van der Waals surface area contributed by atoms with Gasteiger partial charge in [0.15, 0.2) is 0 Å². The third-order valence-corrected chi connectivity index (χ3v) is 9.25. The van der Waals surface area contributed by atoms with Gasteiger partial charge >= 0.3 is 12.0 Å². The Bertz CT molecular complexity index is 2330. The molecule has 0 aliphatic rings. The number of aromatic nitrogens is 6. The van der Waals surface area contributed by atoms with Crippen LogP contribution >= 0.6 is 0 Å². The van der Waals surface area contributed by atoms with E-state index < -0.39 is 45.9 Å². The van der Waals surface area contributed by atoms with Gasteiger partial charge in [0, 0.05) is 31.0 Å². The largest absolute Gasteiger partial charge is 0.748 e. The van der Waals surface area contributed by atoms with Gasteiger partial charge in [-0.1, -0.05) is 24.3 Å². The molecule has 0 aliphatic carbocycles. The lowest BCUT2D eigenvalue weighted by atomic mass is 10.1. The molecule has 4 aromatic rings. The van der Waals surface area contributed by atoms with Crippen molar-refractivity contribution >= 4 is 77.7 Å². The quantitative estimate of drug-likeness (QED) is 0.0576. The van der Waals surface area contributed by atoms with Crippen LogP contribution in [0.3, 0.4) is 0 Å². The molecule has 4 rings (SSSR count). The molecule has 23 nitrogen and oxygen atoms in total. The maximum Gasteiger partial charge on any atom is 0.322 e. The van der Waals surface area contributed by atoms with Crippen molar-refractivity contribution < 1.29 is 58.6 Å². The standard InChI is InChI=1S/C28H34N10O13S3/c1-50-27-34-23(29-9-14-52(41,42)43)32-24(35-27)30-19-7-5-17(21(15-19)53(44,45)46)3-4-18-6-8-20(16-22(18)54(47,48)49)31-25-33-26(37-28(36-25)51-2)38(10-12-39)11-13-40/h3-8,15-16,39-40H,9-14H2,1-2H3,(H,41,42,43)(H,44,45,46)(H,47,48,49)(H,31,33,36,37)(H2,29,30,32,34,35)/p-3/b4-3+. The van der Waals surface area contributed by atoms with Crippen molar-refractivity contribution in [3.8, 4) is 12.0 Å². The first-order valence-corrected chi connectivity index (χ1v) is 19.5. The van der Waals surface area contributed by atoms with E-state index in [9.17, 15) is 49.1 Å². The highest BCUT2D eigenvalue weighted by Gasteiger charge is 2.16. The minimum atomic E-state index is -5.17. The van der Waals surface area contributed by atoms with Crippen LogP contribution in [0.2, 0.25) is 0 Å². The Labute approximate surface area is 308 Å². The molecule has 0 bridgehead atoms. The van der Waals surface area contributed by atoms with Crippen molar-refractivity contribution in [1.29, 1.82) is 0 Å². The van der Waals surface area contributed by atoms with Gasteiger partial charge in [-0.3, -0.25) is 0 Å². The zero-order valence-electron chi connectivity index (χ0n) is 28.1. The fourth-order valence-electron chi connectivity index (χ4n) is 4.43.